The maximum absolute atomic E-state index is 13.8. The average Bonchev–Trinajstić information content (AvgIpc) is 3.34. The zero-order chi connectivity index (χ0) is 22.5. The molecule has 7 nitrogen and oxygen atoms in total. The monoisotopic (exact) mass is 465 g/mol. The van der Waals surface area contributed by atoms with Crippen molar-refractivity contribution in [2.45, 2.75) is 48.8 Å². The number of likely N-dealkylation sites (tertiary alicyclic amines) is 1. The summed E-state index contributed by atoms with van der Waals surface area (Å²) >= 11 is 7.87. The topological polar surface area (TPSA) is 98.7 Å². The van der Waals surface area contributed by atoms with Crippen molar-refractivity contribution in [1.82, 2.24) is 10.2 Å². The predicted octanol–water partition coefficient (Wildman–Crippen LogP) is 2.13. The third kappa shape index (κ3) is 3.17. The van der Waals surface area contributed by atoms with E-state index in [-0.39, 0.29) is 35.5 Å². The van der Waals surface area contributed by atoms with E-state index < -0.39 is 28.7 Å². The van der Waals surface area contributed by atoms with Crippen LogP contribution in [0.4, 0.5) is 5.69 Å². The third-order valence-electron chi connectivity index (χ3n) is 7.19. The first-order valence-corrected chi connectivity index (χ1v) is 11.9. The van der Waals surface area contributed by atoms with Crippen LogP contribution < -0.4 is 10.6 Å². The second kappa shape index (κ2) is 8.30. The van der Waals surface area contributed by atoms with Crippen LogP contribution in [0.25, 0.3) is 0 Å². The van der Waals surface area contributed by atoms with E-state index in [0.717, 1.165) is 6.42 Å². The van der Waals surface area contributed by atoms with Gasteiger partial charge in [-0.15, -0.1) is 11.8 Å². The van der Waals surface area contributed by atoms with Crippen LogP contribution in [0.15, 0.2) is 24.3 Å². The molecule has 3 N–H and O–H groups in total. The Morgan fingerprint density at radius 1 is 1.35 bits per heavy atom. The Morgan fingerprint density at radius 2 is 2.06 bits per heavy atom. The Hall–Kier alpha value is -1.77. The van der Waals surface area contributed by atoms with Gasteiger partial charge >= 0.3 is 0 Å². The average molecular weight is 466 g/mol. The maximum atomic E-state index is 13.8. The van der Waals surface area contributed by atoms with Crippen molar-refractivity contribution in [3.05, 3.63) is 29.3 Å². The van der Waals surface area contributed by atoms with Gasteiger partial charge in [0.2, 0.25) is 17.7 Å². The van der Waals surface area contributed by atoms with E-state index in [0.29, 0.717) is 17.1 Å². The number of hydrogen-bond donors (Lipinski definition) is 3. The number of aliphatic hydroxyl groups is 1. The lowest BCUT2D eigenvalue weighted by Gasteiger charge is -2.40. The molecule has 3 fully saturated rings. The Kier molecular flexibility index (Phi) is 6.00. The van der Waals surface area contributed by atoms with Gasteiger partial charge in [-0.2, -0.15) is 0 Å². The lowest BCUT2D eigenvalue weighted by atomic mass is 9.66. The Bertz CT molecular complexity index is 910. The number of halogens is 1. The highest BCUT2D eigenvalue weighted by Gasteiger charge is 2.76. The zero-order valence-corrected chi connectivity index (χ0v) is 19.4. The second-order valence-electron chi connectivity index (χ2n) is 8.63. The van der Waals surface area contributed by atoms with Crippen LogP contribution in [-0.4, -0.2) is 63.5 Å². The summed E-state index contributed by atoms with van der Waals surface area (Å²) in [5.74, 6) is -1.69. The lowest BCUT2D eigenvalue weighted by molar-refractivity contribution is -0.142. The number of fused-ring (bicyclic) bond motifs is 1. The van der Waals surface area contributed by atoms with E-state index in [2.05, 4.69) is 17.6 Å². The number of thioether (sulfide) groups is 1. The summed E-state index contributed by atoms with van der Waals surface area (Å²) in [6.45, 7) is 3.70. The fraction of sp³-hybridized carbons (Fsp3) is 0.591. The molecule has 2 bridgehead atoms. The molecular weight excluding hydrogens is 438 g/mol. The maximum Gasteiger partial charge on any atom is 0.248 e. The summed E-state index contributed by atoms with van der Waals surface area (Å²) in [5.41, 5.74) is 0.478. The fourth-order valence-corrected chi connectivity index (χ4v) is 8.39. The van der Waals surface area contributed by atoms with Crippen LogP contribution in [0.5, 0.6) is 0 Å². The molecule has 3 unspecified atom stereocenters. The number of nitrogens with zero attached hydrogens (tertiary/aromatic N) is 1. The highest BCUT2D eigenvalue weighted by molar-refractivity contribution is 8.02. The van der Waals surface area contributed by atoms with Gasteiger partial charge in [0.15, 0.2) is 0 Å². The van der Waals surface area contributed by atoms with Gasteiger partial charge in [-0.25, -0.2) is 0 Å². The van der Waals surface area contributed by atoms with E-state index in [9.17, 15) is 19.5 Å². The predicted molar refractivity (Wildman–Crippen MR) is 121 cm³/mol. The Balaban J connectivity index is 1.80. The van der Waals surface area contributed by atoms with E-state index in [4.69, 9.17) is 11.6 Å². The van der Waals surface area contributed by atoms with Crippen LogP contribution in [0.2, 0.25) is 5.02 Å². The summed E-state index contributed by atoms with van der Waals surface area (Å²) in [6, 6.07) is 5.68. The highest BCUT2D eigenvalue weighted by Crippen LogP contribution is 2.68. The summed E-state index contributed by atoms with van der Waals surface area (Å²) < 4.78 is -0.715. The van der Waals surface area contributed by atoms with E-state index >= 15 is 0 Å². The van der Waals surface area contributed by atoms with Gasteiger partial charge in [0, 0.05) is 12.3 Å². The molecule has 168 valence electrons. The van der Waals surface area contributed by atoms with Crippen LogP contribution >= 0.6 is 23.4 Å². The van der Waals surface area contributed by atoms with E-state index in [1.807, 2.05) is 6.92 Å². The van der Waals surface area contributed by atoms with Gasteiger partial charge in [0.25, 0.3) is 0 Å². The molecule has 4 rings (SSSR count). The molecule has 3 aliphatic heterocycles. The van der Waals surface area contributed by atoms with Crippen LogP contribution in [0, 0.1) is 17.8 Å². The first-order chi connectivity index (χ1) is 14.8. The van der Waals surface area contributed by atoms with Gasteiger partial charge in [-0.05, 0) is 30.9 Å². The highest BCUT2D eigenvalue weighted by atomic mass is 35.5. The number of benzene rings is 1. The number of rotatable bonds is 6. The molecule has 1 spiro atoms. The number of carbonyl (C=O) groups is 3. The molecule has 3 heterocycles. The van der Waals surface area contributed by atoms with Gasteiger partial charge in [-0.3, -0.25) is 14.4 Å². The SMILES string of the molecule is CC[C@@H](CO)N1C(=O)[C@@H]2[C@H](C(=O)NC)[C@@H]3CC(C)C2(S3)C1C(=O)Nc1ccccc1Cl. The minimum atomic E-state index is -0.793. The largest absolute Gasteiger partial charge is 0.394 e. The van der Waals surface area contributed by atoms with E-state index in [1.165, 1.54) is 0 Å². The van der Waals surface area contributed by atoms with Crippen molar-refractivity contribution >= 4 is 46.8 Å². The molecule has 1 aromatic carbocycles. The first-order valence-electron chi connectivity index (χ1n) is 10.7. The Labute approximate surface area is 191 Å². The molecule has 9 heteroatoms. The minimum absolute atomic E-state index is 0.00383. The molecule has 0 aliphatic carbocycles. The molecule has 3 saturated heterocycles. The van der Waals surface area contributed by atoms with Crippen molar-refractivity contribution in [1.29, 1.82) is 0 Å². The number of aliphatic hydroxyl groups excluding tert-OH is 1. The van der Waals surface area contributed by atoms with E-state index in [1.54, 1.807) is 48.0 Å². The van der Waals surface area contributed by atoms with Crippen molar-refractivity contribution in [2.24, 2.45) is 17.8 Å². The summed E-state index contributed by atoms with van der Waals surface area (Å²) in [6.07, 6.45) is 1.28. The quantitative estimate of drug-likeness (QED) is 0.597. The normalized spacial score (nSPS) is 34.5. The summed E-state index contributed by atoms with van der Waals surface area (Å²) in [5, 5.41) is 16.1. The van der Waals surface area contributed by atoms with Gasteiger partial charge < -0.3 is 20.6 Å². The van der Waals surface area contributed by atoms with Crippen LogP contribution in [0.1, 0.15) is 26.7 Å². The number of hydrogen-bond acceptors (Lipinski definition) is 5. The molecule has 0 radical (unpaired) electrons. The molecular formula is C22H28ClN3O4S. The van der Waals surface area contributed by atoms with Crippen molar-refractivity contribution in [3.63, 3.8) is 0 Å². The Morgan fingerprint density at radius 3 is 2.68 bits per heavy atom. The van der Waals surface area contributed by atoms with Crippen LogP contribution in [0.3, 0.4) is 0 Å². The molecule has 7 atom stereocenters. The number of carbonyl (C=O) groups excluding carboxylic acids is 3. The standard InChI is InChI=1S/C22H28ClN3O4S/c1-4-12(10-27)26-18(20(29)25-14-8-6-5-7-13(14)23)22-11(2)9-15(31-22)16(19(28)24-3)17(22)21(26)30/h5-8,11-12,15-18,27H,4,9-10H2,1-3H3,(H,24,28)(H,25,29)/t11?,12-,15-,16+,17-,18?,22?/m0/s1. The number of para-hydroxylation sites is 1. The molecule has 31 heavy (non-hydrogen) atoms. The fourth-order valence-electron chi connectivity index (χ4n) is 5.80. The molecule has 1 aromatic rings. The van der Waals surface area contributed by atoms with Crippen molar-refractivity contribution < 1.29 is 19.5 Å². The van der Waals surface area contributed by atoms with Crippen molar-refractivity contribution in [3.8, 4) is 0 Å². The lowest BCUT2D eigenvalue weighted by Crippen LogP contribution is -2.57. The second-order valence-corrected chi connectivity index (χ2v) is 10.6. The smallest absolute Gasteiger partial charge is 0.248 e. The molecule has 3 amide bonds. The molecule has 0 aromatic heterocycles. The van der Waals surface area contributed by atoms with Gasteiger partial charge in [0.1, 0.15) is 6.04 Å². The van der Waals surface area contributed by atoms with Gasteiger partial charge in [-0.1, -0.05) is 37.6 Å². The minimum Gasteiger partial charge on any atom is -0.394 e. The van der Waals surface area contributed by atoms with Gasteiger partial charge in [0.05, 0.1) is 39.9 Å². The third-order valence-corrected chi connectivity index (χ3v) is 9.59. The first kappa shape index (κ1) is 22.4. The van der Waals surface area contributed by atoms with Crippen molar-refractivity contribution in [2.75, 3.05) is 19.0 Å². The zero-order valence-electron chi connectivity index (χ0n) is 17.8. The molecule has 0 saturated carbocycles. The van der Waals surface area contributed by atoms with Crippen LogP contribution in [-0.2, 0) is 14.4 Å². The number of amides is 3. The summed E-state index contributed by atoms with van der Waals surface area (Å²) in [4.78, 5) is 41.8. The number of anilines is 1. The summed E-state index contributed by atoms with van der Waals surface area (Å²) in [7, 11) is 1.58. The molecule has 3 aliphatic rings. The number of nitrogens with one attached hydrogen (secondary N) is 2.